The fourth-order valence-corrected chi connectivity index (χ4v) is 2.80. The predicted octanol–water partition coefficient (Wildman–Crippen LogP) is 1.36. The average molecular weight is 363 g/mol. The minimum absolute atomic E-state index is 0.164. The first-order valence-electron chi connectivity index (χ1n) is 4.84. The van der Waals surface area contributed by atoms with Gasteiger partial charge in [0, 0.05) is 17.2 Å². The van der Waals surface area contributed by atoms with Gasteiger partial charge in [0.15, 0.2) is 5.82 Å². The lowest BCUT2D eigenvalue weighted by Gasteiger charge is -2.11. The Morgan fingerprint density at radius 1 is 1.42 bits per heavy atom. The minimum Gasteiger partial charge on any atom is -0.307 e. The third-order valence-electron chi connectivity index (χ3n) is 1.95. The zero-order chi connectivity index (χ0) is 14.7. The van der Waals surface area contributed by atoms with Crippen LogP contribution in [0.4, 0.5) is 19.0 Å². The number of nitrogens with zero attached hydrogens (tertiary/aromatic N) is 1. The van der Waals surface area contributed by atoms with Crippen LogP contribution < -0.4 is 16.0 Å². The summed E-state index contributed by atoms with van der Waals surface area (Å²) in [7, 11) is -4.13. The Morgan fingerprint density at radius 2 is 2.05 bits per heavy atom. The fraction of sp³-hybridized carbons (Fsp3) is 0.375. The van der Waals surface area contributed by atoms with E-state index in [0.717, 1.165) is 0 Å². The molecule has 19 heavy (non-hydrogen) atoms. The van der Waals surface area contributed by atoms with Gasteiger partial charge in [-0.15, -0.1) is 0 Å². The second kappa shape index (κ2) is 6.03. The van der Waals surface area contributed by atoms with Crippen molar-refractivity contribution in [1.82, 2.24) is 9.71 Å². The van der Waals surface area contributed by atoms with Gasteiger partial charge in [-0.3, -0.25) is 0 Å². The molecule has 1 aromatic heterocycles. The van der Waals surface area contributed by atoms with E-state index in [2.05, 4.69) is 26.3 Å². The molecule has 0 saturated heterocycles. The van der Waals surface area contributed by atoms with Gasteiger partial charge in [-0.25, -0.2) is 24.0 Å². The molecule has 0 unspecified atom stereocenters. The van der Waals surface area contributed by atoms with E-state index in [1.807, 2.05) is 4.72 Å². The number of anilines is 1. The quantitative estimate of drug-likeness (QED) is 0.542. The summed E-state index contributed by atoms with van der Waals surface area (Å²) < 4.78 is 61.7. The van der Waals surface area contributed by atoms with E-state index in [9.17, 15) is 21.6 Å². The van der Waals surface area contributed by atoms with E-state index in [-0.39, 0.29) is 10.7 Å². The van der Waals surface area contributed by atoms with Gasteiger partial charge in [0.05, 0.1) is 6.42 Å². The molecule has 0 aliphatic carbocycles. The number of nitrogens with two attached hydrogens (primary N) is 1. The second-order valence-electron chi connectivity index (χ2n) is 3.41. The number of halogens is 4. The molecule has 6 nitrogen and oxygen atoms in total. The van der Waals surface area contributed by atoms with Gasteiger partial charge in [0.1, 0.15) is 4.90 Å². The third kappa shape index (κ3) is 4.93. The molecule has 1 rings (SSSR count). The number of hydrogen-bond donors (Lipinski definition) is 3. The van der Waals surface area contributed by atoms with Crippen LogP contribution in [-0.4, -0.2) is 26.1 Å². The van der Waals surface area contributed by atoms with Crippen molar-refractivity contribution in [2.45, 2.75) is 17.5 Å². The summed E-state index contributed by atoms with van der Waals surface area (Å²) in [5.74, 6) is 4.93. The number of nitrogens with one attached hydrogen (secondary N) is 2. The number of aromatic nitrogens is 1. The van der Waals surface area contributed by atoms with Crippen LogP contribution in [0, 0.1) is 0 Å². The molecule has 108 valence electrons. The Hall–Kier alpha value is -0.910. The molecule has 4 N–H and O–H groups in total. The number of sulfonamides is 1. The van der Waals surface area contributed by atoms with Crippen LogP contribution in [-0.2, 0) is 10.0 Å². The molecule has 11 heteroatoms. The number of pyridine rings is 1. The zero-order valence-electron chi connectivity index (χ0n) is 9.33. The summed E-state index contributed by atoms with van der Waals surface area (Å²) in [6.07, 6.45) is -4.41. The summed E-state index contributed by atoms with van der Waals surface area (Å²) >= 11 is 3.01. The lowest BCUT2D eigenvalue weighted by molar-refractivity contribution is -0.132. The second-order valence-corrected chi connectivity index (χ2v) is 6.06. The Labute approximate surface area is 115 Å². The highest BCUT2D eigenvalue weighted by atomic mass is 79.9. The maximum absolute atomic E-state index is 12.0. The third-order valence-corrected chi connectivity index (χ3v) is 3.85. The molecule has 0 spiro atoms. The van der Waals surface area contributed by atoms with Crippen LogP contribution in [0.15, 0.2) is 21.6 Å². The topological polar surface area (TPSA) is 97.1 Å². The van der Waals surface area contributed by atoms with Crippen molar-refractivity contribution in [1.29, 1.82) is 0 Å². The predicted molar refractivity (Wildman–Crippen MR) is 65.6 cm³/mol. The van der Waals surface area contributed by atoms with Gasteiger partial charge in [-0.05, 0) is 22.0 Å². The molecule has 1 aromatic rings. The van der Waals surface area contributed by atoms with Crippen molar-refractivity contribution in [3.05, 3.63) is 16.7 Å². The van der Waals surface area contributed by atoms with Crippen molar-refractivity contribution in [3.8, 4) is 0 Å². The summed E-state index contributed by atoms with van der Waals surface area (Å²) in [6, 6.07) is 1.18. The van der Waals surface area contributed by atoms with E-state index in [1.54, 1.807) is 0 Å². The molecule has 0 bridgehead atoms. The first-order chi connectivity index (χ1) is 8.65. The van der Waals surface area contributed by atoms with Crippen molar-refractivity contribution in [2.24, 2.45) is 5.84 Å². The van der Waals surface area contributed by atoms with E-state index in [4.69, 9.17) is 5.84 Å². The monoisotopic (exact) mass is 362 g/mol. The van der Waals surface area contributed by atoms with Gasteiger partial charge in [0.25, 0.3) is 0 Å². The molecule has 0 aliphatic rings. The van der Waals surface area contributed by atoms with Crippen LogP contribution in [0.3, 0.4) is 0 Å². The normalized spacial score (nSPS) is 12.5. The SMILES string of the molecule is NNc1ncc(Br)cc1S(=O)(=O)NCCC(F)(F)F. The molecule has 0 aliphatic heterocycles. The molecular weight excluding hydrogens is 353 g/mol. The van der Waals surface area contributed by atoms with Crippen molar-refractivity contribution >= 4 is 31.8 Å². The number of hydrogen-bond acceptors (Lipinski definition) is 5. The molecule has 0 aromatic carbocycles. The molecule has 0 radical (unpaired) electrons. The maximum atomic E-state index is 12.0. The number of nitrogen functional groups attached to an aromatic ring is 1. The highest BCUT2D eigenvalue weighted by Gasteiger charge is 2.28. The van der Waals surface area contributed by atoms with Gasteiger partial charge in [0.2, 0.25) is 10.0 Å². The van der Waals surface area contributed by atoms with E-state index < -0.39 is 29.2 Å². The number of rotatable bonds is 5. The van der Waals surface area contributed by atoms with Gasteiger partial charge in [-0.2, -0.15) is 13.2 Å². The molecule has 0 fully saturated rings. The number of alkyl halides is 3. The lowest BCUT2D eigenvalue weighted by Crippen LogP contribution is -2.29. The van der Waals surface area contributed by atoms with Gasteiger partial charge < -0.3 is 5.43 Å². The molecule has 0 saturated carbocycles. The summed E-state index contributed by atoms with van der Waals surface area (Å²) in [5.41, 5.74) is 2.06. The maximum Gasteiger partial charge on any atom is 0.390 e. The largest absolute Gasteiger partial charge is 0.390 e. The highest BCUT2D eigenvalue weighted by molar-refractivity contribution is 9.10. The van der Waals surface area contributed by atoms with E-state index in [0.29, 0.717) is 4.47 Å². The van der Waals surface area contributed by atoms with Crippen molar-refractivity contribution < 1.29 is 21.6 Å². The van der Waals surface area contributed by atoms with Crippen molar-refractivity contribution in [3.63, 3.8) is 0 Å². The van der Waals surface area contributed by atoms with Crippen LogP contribution >= 0.6 is 15.9 Å². The molecular formula is C8H10BrF3N4O2S. The zero-order valence-corrected chi connectivity index (χ0v) is 11.7. The van der Waals surface area contributed by atoms with Crippen LogP contribution in [0.5, 0.6) is 0 Å². The van der Waals surface area contributed by atoms with Crippen LogP contribution in [0.25, 0.3) is 0 Å². The summed E-state index contributed by atoms with van der Waals surface area (Å²) in [4.78, 5) is 3.35. The lowest BCUT2D eigenvalue weighted by atomic mass is 10.4. The van der Waals surface area contributed by atoms with Gasteiger partial charge in [-0.1, -0.05) is 0 Å². The fourth-order valence-electron chi connectivity index (χ4n) is 1.14. The smallest absolute Gasteiger partial charge is 0.307 e. The number of hydrazine groups is 1. The van der Waals surface area contributed by atoms with Gasteiger partial charge >= 0.3 is 6.18 Å². The molecule has 1 heterocycles. The van der Waals surface area contributed by atoms with Crippen LogP contribution in [0.1, 0.15) is 6.42 Å². The van der Waals surface area contributed by atoms with E-state index >= 15 is 0 Å². The Bertz CT molecular complexity index is 549. The first kappa shape index (κ1) is 16.1. The summed E-state index contributed by atoms with van der Waals surface area (Å²) in [6.45, 7) is -0.762. The van der Waals surface area contributed by atoms with Crippen molar-refractivity contribution in [2.75, 3.05) is 12.0 Å². The van der Waals surface area contributed by atoms with E-state index in [1.165, 1.54) is 12.3 Å². The average Bonchev–Trinajstić information content (AvgIpc) is 2.27. The standard InChI is InChI=1S/C8H10BrF3N4O2S/c9-5-3-6(7(16-13)14-4-5)19(17,18)15-2-1-8(10,11)12/h3-4,15H,1-2,13H2,(H,14,16). The Morgan fingerprint density at radius 3 is 2.58 bits per heavy atom. The minimum atomic E-state index is -4.44. The Kier molecular flexibility index (Phi) is 5.12. The highest BCUT2D eigenvalue weighted by Crippen LogP contribution is 2.23. The first-order valence-corrected chi connectivity index (χ1v) is 7.12. The molecule has 0 amide bonds. The Balaban J connectivity index is 2.91. The summed E-state index contributed by atoms with van der Waals surface area (Å²) in [5, 5.41) is 0. The molecule has 0 atom stereocenters. The van der Waals surface area contributed by atoms with Crippen LogP contribution in [0.2, 0.25) is 0 Å².